The summed E-state index contributed by atoms with van der Waals surface area (Å²) in [5.41, 5.74) is 1.50. The minimum Gasteiger partial charge on any atom is -0.481 e. The molecule has 0 spiro atoms. The molecule has 1 aromatic carbocycles. The molecule has 0 aromatic heterocycles. The van der Waals surface area contributed by atoms with E-state index in [1.54, 1.807) is 12.1 Å². The molecule has 13 heteroatoms. The van der Waals surface area contributed by atoms with Crippen molar-refractivity contribution in [1.29, 1.82) is 0 Å². The van der Waals surface area contributed by atoms with E-state index < -0.39 is 5.97 Å². The second-order valence-corrected chi connectivity index (χ2v) is 9.04. The maximum atomic E-state index is 12.1. The van der Waals surface area contributed by atoms with E-state index in [0.29, 0.717) is 105 Å². The molecule has 0 saturated carbocycles. The second-order valence-electron chi connectivity index (χ2n) is 9.04. The SMILES string of the molecule is CCCCNc1ccc(C(=O)OCCOCCOCCOCCOCCOCCOCCOCCOCCC(=O)O)cc1. The number of nitrogens with one attached hydrogen (secondary N) is 1. The van der Waals surface area contributed by atoms with Crippen LogP contribution in [-0.4, -0.2) is 136 Å². The van der Waals surface area contributed by atoms with Gasteiger partial charge in [0.15, 0.2) is 0 Å². The van der Waals surface area contributed by atoms with Crippen LogP contribution in [0.25, 0.3) is 0 Å². The monoisotopic (exact) mass is 617 g/mol. The number of aliphatic carboxylic acids is 1. The van der Waals surface area contributed by atoms with Gasteiger partial charge < -0.3 is 53.1 Å². The number of carboxylic acid groups (broad SMARTS) is 1. The highest BCUT2D eigenvalue weighted by atomic mass is 16.6. The first-order chi connectivity index (χ1) is 21.1. The quantitative estimate of drug-likeness (QED) is 0.0902. The molecular formula is C30H51NO12. The fourth-order valence-corrected chi connectivity index (χ4v) is 3.21. The summed E-state index contributed by atoms with van der Waals surface area (Å²) >= 11 is 0. The molecule has 0 saturated heterocycles. The Morgan fingerprint density at radius 3 is 1.33 bits per heavy atom. The summed E-state index contributed by atoms with van der Waals surface area (Å²) in [6.07, 6.45) is 2.23. The Balaban J connectivity index is 1.74. The zero-order chi connectivity index (χ0) is 31.1. The van der Waals surface area contributed by atoms with Gasteiger partial charge in [0.25, 0.3) is 0 Å². The number of ether oxygens (including phenoxy) is 9. The molecule has 0 atom stereocenters. The number of carboxylic acids is 1. The summed E-state index contributed by atoms with van der Waals surface area (Å²) in [5.74, 6) is -1.24. The van der Waals surface area contributed by atoms with Crippen LogP contribution in [0, 0.1) is 0 Å². The number of anilines is 1. The molecule has 1 rings (SSSR count). The van der Waals surface area contributed by atoms with Crippen molar-refractivity contribution in [2.75, 3.05) is 124 Å². The topological polar surface area (TPSA) is 149 Å². The van der Waals surface area contributed by atoms with E-state index in [-0.39, 0.29) is 25.6 Å². The van der Waals surface area contributed by atoms with Gasteiger partial charge in [-0.3, -0.25) is 4.79 Å². The van der Waals surface area contributed by atoms with E-state index in [0.717, 1.165) is 25.1 Å². The Bertz CT molecular complexity index is 781. The fourth-order valence-electron chi connectivity index (χ4n) is 3.21. The van der Waals surface area contributed by atoms with Crippen LogP contribution < -0.4 is 5.32 Å². The van der Waals surface area contributed by atoms with E-state index in [1.807, 2.05) is 12.1 Å². The standard InChI is InChI=1S/C30H51NO12/c1-2-3-9-31-28-6-4-27(5-7-28)30(34)43-26-25-42-24-23-41-22-21-40-20-19-39-18-17-38-16-15-37-14-13-36-12-11-35-10-8-29(32)33/h4-7,31H,2-3,8-26H2,1H3,(H,32,33). The van der Waals surface area contributed by atoms with Gasteiger partial charge in [-0.25, -0.2) is 4.79 Å². The van der Waals surface area contributed by atoms with Crippen molar-refractivity contribution >= 4 is 17.6 Å². The van der Waals surface area contributed by atoms with Crippen molar-refractivity contribution in [3.05, 3.63) is 29.8 Å². The highest BCUT2D eigenvalue weighted by Gasteiger charge is 2.06. The van der Waals surface area contributed by atoms with Gasteiger partial charge >= 0.3 is 11.9 Å². The number of rotatable bonds is 32. The Morgan fingerprint density at radius 2 is 0.953 bits per heavy atom. The van der Waals surface area contributed by atoms with Gasteiger partial charge in [-0.2, -0.15) is 0 Å². The minimum absolute atomic E-state index is 0.00550. The number of hydrogen-bond donors (Lipinski definition) is 2. The van der Waals surface area contributed by atoms with Gasteiger partial charge in [0.1, 0.15) is 6.61 Å². The van der Waals surface area contributed by atoms with E-state index in [9.17, 15) is 9.59 Å². The van der Waals surface area contributed by atoms with E-state index in [1.165, 1.54) is 0 Å². The third-order valence-electron chi connectivity index (χ3n) is 5.51. The largest absolute Gasteiger partial charge is 0.481 e. The normalized spacial score (nSPS) is 11.1. The molecule has 0 fully saturated rings. The van der Waals surface area contributed by atoms with Crippen LogP contribution in [0.4, 0.5) is 5.69 Å². The molecule has 43 heavy (non-hydrogen) atoms. The lowest BCUT2D eigenvalue weighted by Crippen LogP contribution is -2.15. The Kier molecular flexibility index (Phi) is 26.7. The van der Waals surface area contributed by atoms with Crippen molar-refractivity contribution in [3.8, 4) is 0 Å². The van der Waals surface area contributed by atoms with Gasteiger partial charge in [0, 0.05) is 12.2 Å². The fraction of sp³-hybridized carbons (Fsp3) is 0.733. The molecule has 13 nitrogen and oxygen atoms in total. The van der Waals surface area contributed by atoms with Gasteiger partial charge in [0.05, 0.1) is 118 Å². The van der Waals surface area contributed by atoms with E-state index in [4.69, 9.17) is 47.7 Å². The molecule has 0 heterocycles. The maximum Gasteiger partial charge on any atom is 0.338 e. The number of carbonyl (C=O) groups excluding carboxylic acids is 1. The molecule has 0 bridgehead atoms. The van der Waals surface area contributed by atoms with Crippen molar-refractivity contribution in [1.82, 2.24) is 0 Å². The van der Waals surface area contributed by atoms with Crippen LogP contribution in [0.2, 0.25) is 0 Å². The number of hydrogen-bond acceptors (Lipinski definition) is 12. The Labute approximate surface area is 255 Å². The van der Waals surface area contributed by atoms with Gasteiger partial charge in [-0.15, -0.1) is 0 Å². The minimum atomic E-state index is -0.877. The van der Waals surface area contributed by atoms with Crippen molar-refractivity contribution < 1.29 is 57.3 Å². The summed E-state index contributed by atoms with van der Waals surface area (Å²) < 4.78 is 48.2. The highest BCUT2D eigenvalue weighted by Crippen LogP contribution is 2.10. The average molecular weight is 618 g/mol. The second kappa shape index (κ2) is 29.7. The van der Waals surface area contributed by atoms with Crippen molar-refractivity contribution in [2.24, 2.45) is 0 Å². The van der Waals surface area contributed by atoms with Crippen LogP contribution in [0.5, 0.6) is 0 Å². The molecule has 0 unspecified atom stereocenters. The lowest BCUT2D eigenvalue weighted by Gasteiger charge is -2.09. The first-order valence-corrected chi connectivity index (χ1v) is 15.0. The zero-order valence-electron chi connectivity index (χ0n) is 25.6. The summed E-state index contributed by atoms with van der Waals surface area (Å²) in [7, 11) is 0. The zero-order valence-corrected chi connectivity index (χ0v) is 25.6. The Morgan fingerprint density at radius 1 is 0.581 bits per heavy atom. The number of benzene rings is 1. The van der Waals surface area contributed by atoms with Crippen molar-refractivity contribution in [2.45, 2.75) is 26.2 Å². The van der Waals surface area contributed by atoms with E-state index in [2.05, 4.69) is 12.2 Å². The highest BCUT2D eigenvalue weighted by molar-refractivity contribution is 5.89. The number of esters is 1. The molecule has 1 aromatic rings. The molecule has 0 aliphatic rings. The van der Waals surface area contributed by atoms with Gasteiger partial charge in [-0.05, 0) is 30.7 Å². The molecule has 248 valence electrons. The molecule has 0 amide bonds. The third kappa shape index (κ3) is 25.8. The summed E-state index contributed by atoms with van der Waals surface area (Å²) in [6.45, 7) is 9.97. The smallest absolute Gasteiger partial charge is 0.338 e. The van der Waals surface area contributed by atoms with Crippen LogP contribution in [0.15, 0.2) is 24.3 Å². The average Bonchev–Trinajstić information content (AvgIpc) is 3.01. The predicted molar refractivity (Wildman–Crippen MR) is 159 cm³/mol. The molecule has 0 radical (unpaired) electrons. The predicted octanol–water partition coefficient (Wildman–Crippen LogP) is 2.66. The summed E-state index contributed by atoms with van der Waals surface area (Å²) in [5, 5.41) is 11.8. The van der Waals surface area contributed by atoms with E-state index >= 15 is 0 Å². The van der Waals surface area contributed by atoms with Crippen molar-refractivity contribution in [3.63, 3.8) is 0 Å². The van der Waals surface area contributed by atoms with Gasteiger partial charge in [-0.1, -0.05) is 13.3 Å². The lowest BCUT2D eigenvalue weighted by molar-refractivity contribution is -0.138. The Hall–Kier alpha value is -2.36. The maximum absolute atomic E-state index is 12.1. The number of carbonyl (C=O) groups is 2. The summed E-state index contributed by atoms with van der Waals surface area (Å²) in [4.78, 5) is 22.4. The lowest BCUT2D eigenvalue weighted by atomic mass is 10.2. The number of unbranched alkanes of at least 4 members (excludes halogenated alkanes) is 1. The third-order valence-corrected chi connectivity index (χ3v) is 5.51. The van der Waals surface area contributed by atoms with Crippen LogP contribution >= 0.6 is 0 Å². The molecular weight excluding hydrogens is 566 g/mol. The first kappa shape index (κ1) is 38.7. The van der Waals surface area contributed by atoms with Crippen LogP contribution in [0.3, 0.4) is 0 Å². The van der Waals surface area contributed by atoms with Gasteiger partial charge in [0.2, 0.25) is 0 Å². The first-order valence-electron chi connectivity index (χ1n) is 15.0. The van der Waals surface area contributed by atoms with Crippen LogP contribution in [-0.2, 0) is 47.4 Å². The molecule has 0 aliphatic carbocycles. The summed E-state index contributed by atoms with van der Waals surface area (Å²) in [6, 6.07) is 7.27. The van der Waals surface area contributed by atoms with Crippen LogP contribution in [0.1, 0.15) is 36.5 Å². The molecule has 0 aliphatic heterocycles. The molecule has 2 N–H and O–H groups in total.